The summed E-state index contributed by atoms with van der Waals surface area (Å²) in [6, 6.07) is 39.7. The first kappa shape index (κ1) is 36.9. The first-order valence-electron chi connectivity index (χ1n) is 12.8. The topological polar surface area (TPSA) is 73.5 Å². The zero-order valence-corrected chi connectivity index (χ0v) is 30.5. The van der Waals surface area contributed by atoms with Crippen molar-refractivity contribution < 1.29 is 34.1 Å². The zero-order valence-electron chi connectivity index (χ0n) is 23.3. The van der Waals surface area contributed by atoms with Gasteiger partial charge in [-0.2, -0.15) is 15.3 Å². The van der Waals surface area contributed by atoms with E-state index in [1.807, 2.05) is 49.4 Å². The van der Waals surface area contributed by atoms with Gasteiger partial charge in [-0.15, -0.1) is 5.10 Å². The maximum atomic E-state index is 5.67. The molecule has 12 heteroatoms. The van der Waals surface area contributed by atoms with E-state index in [9.17, 15) is 0 Å². The molecule has 43 heavy (non-hydrogen) atoms. The second-order valence-corrected chi connectivity index (χ2v) is 14.4. The van der Waals surface area contributed by atoms with Gasteiger partial charge in [-0.1, -0.05) is 66.7 Å². The maximum absolute atomic E-state index is 5.67. The van der Waals surface area contributed by atoms with Gasteiger partial charge in [-0.25, -0.2) is 0 Å². The normalized spacial score (nSPS) is 12.5. The van der Waals surface area contributed by atoms with Crippen LogP contribution in [0.3, 0.4) is 0 Å². The molecule has 0 spiro atoms. The molecule has 0 amide bonds. The van der Waals surface area contributed by atoms with Crippen LogP contribution in [0, 0.1) is 3.57 Å². The predicted octanol–water partition coefficient (Wildman–Crippen LogP) is 1.94. The van der Waals surface area contributed by atoms with Crippen LogP contribution in [0.25, 0.3) is 0 Å². The molecule has 225 valence electrons. The van der Waals surface area contributed by atoms with Crippen molar-refractivity contribution in [1.29, 1.82) is 0 Å². The summed E-state index contributed by atoms with van der Waals surface area (Å²) in [5.41, 5.74) is 1.98. The molecule has 4 rings (SSSR count). The fourth-order valence-corrected chi connectivity index (χ4v) is 8.74. The number of hydrogen-bond donors (Lipinski definition) is 2. The Hall–Kier alpha value is -2.24. The second kappa shape index (κ2) is 18.5. The van der Waals surface area contributed by atoms with Gasteiger partial charge >= 0.3 is 17.1 Å². The minimum absolute atomic E-state index is 0. The van der Waals surface area contributed by atoms with Gasteiger partial charge in [0.15, 0.2) is 0 Å². The Kier molecular flexibility index (Phi) is 15.9. The van der Waals surface area contributed by atoms with Crippen LogP contribution in [0.1, 0.15) is 12.5 Å². The second-order valence-electron chi connectivity index (χ2n) is 8.85. The average Bonchev–Trinajstić information content (AvgIpc) is 3.02. The maximum Gasteiger partial charge on any atom is 2.00 e. The molecule has 0 unspecified atom stereocenters. The molecule has 4 aromatic carbocycles. The Morgan fingerprint density at radius 3 is 1.56 bits per heavy atom. The van der Waals surface area contributed by atoms with Gasteiger partial charge in [0.1, 0.15) is 35.2 Å². The van der Waals surface area contributed by atoms with E-state index in [1.165, 1.54) is 15.9 Å². The van der Waals surface area contributed by atoms with Crippen molar-refractivity contribution in [2.75, 3.05) is 13.3 Å². The number of halogens is 2. The first-order valence-corrected chi connectivity index (χ1v) is 16.7. The predicted molar refractivity (Wildman–Crippen MR) is 191 cm³/mol. The van der Waals surface area contributed by atoms with E-state index in [0.29, 0.717) is 22.9 Å². The minimum atomic E-state index is -2.12. The molecule has 0 saturated heterocycles. The van der Waals surface area contributed by atoms with Crippen LogP contribution in [0.2, 0.25) is 0 Å². The van der Waals surface area contributed by atoms with Crippen LogP contribution in [0.5, 0.6) is 0 Å². The van der Waals surface area contributed by atoms with Crippen LogP contribution in [0.15, 0.2) is 136 Å². The minimum Gasteiger partial charge on any atom is -1.00 e. The van der Waals surface area contributed by atoms with Crippen LogP contribution >= 0.6 is 29.9 Å². The molecule has 0 bridgehead atoms. The molecule has 0 atom stereocenters. The van der Waals surface area contributed by atoms with Crippen molar-refractivity contribution in [3.63, 3.8) is 0 Å². The average molecular weight is 851 g/mol. The summed E-state index contributed by atoms with van der Waals surface area (Å²) >= 11 is 13.1. The Labute approximate surface area is 300 Å². The van der Waals surface area contributed by atoms with Crippen molar-refractivity contribution in [3.8, 4) is 0 Å². The Bertz CT molecular complexity index is 1460. The van der Waals surface area contributed by atoms with Crippen LogP contribution in [-0.4, -0.2) is 35.1 Å². The number of nitrogens with zero attached hydrogens (tertiary/aromatic N) is 4. The van der Waals surface area contributed by atoms with Gasteiger partial charge in [0.25, 0.3) is 0 Å². The Balaban J connectivity index is 0.00000323. The van der Waals surface area contributed by atoms with Crippen molar-refractivity contribution in [1.82, 2.24) is 10.6 Å². The van der Waals surface area contributed by atoms with E-state index >= 15 is 0 Å². The third kappa shape index (κ3) is 9.88. The van der Waals surface area contributed by atoms with E-state index in [2.05, 4.69) is 126 Å². The molecule has 1 radical (unpaired) electrons. The molecule has 0 fully saturated rings. The smallest absolute Gasteiger partial charge is 1.00 e. The van der Waals surface area contributed by atoms with Crippen LogP contribution in [-0.2, 0) is 42.3 Å². The van der Waals surface area contributed by atoms with Gasteiger partial charge in [0, 0.05) is 21.3 Å². The van der Waals surface area contributed by atoms with Gasteiger partial charge in [-0.3, -0.25) is 0 Å². The number of hydrogen-bond acceptors (Lipinski definition) is 6. The summed E-state index contributed by atoms with van der Waals surface area (Å²) in [5.74, 6) is 0. The van der Waals surface area contributed by atoms with Crippen molar-refractivity contribution in [2.24, 2.45) is 20.4 Å². The fourth-order valence-electron chi connectivity index (χ4n) is 4.25. The van der Waals surface area contributed by atoms with Crippen molar-refractivity contribution in [2.45, 2.75) is 6.92 Å². The molecule has 0 aliphatic carbocycles. The van der Waals surface area contributed by atoms with E-state index in [-0.39, 0.29) is 39.2 Å². The number of rotatable bonds is 9. The quantitative estimate of drug-likeness (QED) is 0.0515. The summed E-state index contributed by atoms with van der Waals surface area (Å²) < 4.78 is 1.11. The van der Waals surface area contributed by atoms with E-state index < -0.39 is 7.26 Å². The molecular formula is C31H29BrCuIN6PS2. The van der Waals surface area contributed by atoms with Crippen molar-refractivity contribution >= 4 is 92.8 Å². The molecule has 0 aliphatic rings. The monoisotopic (exact) mass is 849 g/mol. The van der Waals surface area contributed by atoms with E-state index in [4.69, 9.17) is 25.3 Å². The van der Waals surface area contributed by atoms with Crippen LogP contribution < -0.4 is 43.5 Å². The fraction of sp³-hybridized carbons (Fsp3) is 0.0968. The van der Waals surface area contributed by atoms with Gasteiger partial charge in [-0.05, 0) is 83.2 Å². The molecule has 6 nitrogen and oxygen atoms in total. The molecule has 2 N–H and O–H groups in total. The van der Waals surface area contributed by atoms with Gasteiger partial charge in [0.05, 0.1) is 5.71 Å². The molecular weight excluding hydrogens is 822 g/mol. The van der Waals surface area contributed by atoms with E-state index in [1.54, 1.807) is 7.05 Å². The van der Waals surface area contributed by atoms with Crippen molar-refractivity contribution in [3.05, 3.63) is 124 Å². The molecule has 0 saturated carbocycles. The van der Waals surface area contributed by atoms with Crippen LogP contribution in [0.4, 0.5) is 0 Å². The molecule has 0 aliphatic heterocycles. The molecule has 0 aromatic heterocycles. The first-order chi connectivity index (χ1) is 19.9. The Morgan fingerprint density at radius 1 is 0.674 bits per heavy atom. The third-order valence-electron chi connectivity index (χ3n) is 6.26. The molecule has 4 aromatic rings. The summed E-state index contributed by atoms with van der Waals surface area (Å²) in [7, 11) is -0.416. The zero-order chi connectivity index (χ0) is 29.1. The van der Waals surface area contributed by atoms with Gasteiger partial charge < -0.3 is 52.9 Å². The summed E-state index contributed by atoms with van der Waals surface area (Å²) in [6.45, 7) is 1.83. The summed E-state index contributed by atoms with van der Waals surface area (Å²) in [5, 5.41) is 27.8. The number of nitrogens with one attached hydrogen (secondary N) is 2. The summed E-state index contributed by atoms with van der Waals surface area (Å²) in [4.78, 5) is 0. The number of amidine groups is 2. The third-order valence-corrected chi connectivity index (χ3v) is 11.7. The Morgan fingerprint density at radius 2 is 1.12 bits per heavy atom. The largest absolute Gasteiger partial charge is 2.00 e. The standard InChI is InChI=1S/C31H30IN6PS2.BrH.Cu/c1-23(29(36-37-30(40)33-2)24-18-20-25(32)21-19-24)35-38-31(41)34-22-39(26-12-6-3-7-13-26,27-14-8-4-9-15-27)28-16-10-5-11-17-28;;/h3-21H,22H2,1-2H3,(H3-,33,34,35,36,37,38,40,41);1H;/q;;+2/p-2. The van der Waals surface area contributed by atoms with Gasteiger partial charge in [0.2, 0.25) is 0 Å². The van der Waals surface area contributed by atoms with E-state index in [0.717, 1.165) is 9.13 Å². The summed E-state index contributed by atoms with van der Waals surface area (Å²) in [6.07, 6.45) is 0.589. The number of benzene rings is 4. The SMILES string of the molecule is CNC([S-])=NN=C(C(C)=NN=C([S-])NC[P+](c1ccccc1)(c1ccccc1)c1ccccc1)c1ccc(I)cc1.[Br-].[Cu+2]. The molecule has 0 heterocycles.